The van der Waals surface area contributed by atoms with Gasteiger partial charge in [0.1, 0.15) is 4.60 Å². The monoisotopic (exact) mass is 261 g/mol. The van der Waals surface area contributed by atoms with Gasteiger partial charge in [-0.05, 0) is 39.9 Å². The van der Waals surface area contributed by atoms with Crippen molar-refractivity contribution >= 4 is 27.5 Å². The van der Waals surface area contributed by atoms with Crippen molar-refractivity contribution in [3.8, 4) is 0 Å². The second kappa shape index (κ2) is 4.97. The minimum Gasteiger partial charge on any atom is -0.248 e. The molecule has 1 heterocycles. The molecule has 0 aliphatic rings. The highest BCUT2D eigenvalue weighted by molar-refractivity contribution is 9.10. The quantitative estimate of drug-likeness (QED) is 0.748. The van der Waals surface area contributed by atoms with E-state index in [1.807, 2.05) is 6.07 Å². The van der Waals surface area contributed by atoms with E-state index >= 15 is 0 Å². The van der Waals surface area contributed by atoms with Crippen LogP contribution in [0.3, 0.4) is 0 Å². The number of hydrogen-bond acceptors (Lipinski definition) is 1. The summed E-state index contributed by atoms with van der Waals surface area (Å²) < 4.78 is 0.745. The summed E-state index contributed by atoms with van der Waals surface area (Å²) in [6, 6.07) is 1.99. The van der Waals surface area contributed by atoms with Crippen LogP contribution >= 0.6 is 27.5 Å². The molecule has 0 aliphatic heterocycles. The highest BCUT2D eigenvalue weighted by atomic mass is 79.9. The molecule has 0 N–H and O–H groups in total. The molecule has 1 unspecified atom stereocenters. The summed E-state index contributed by atoms with van der Waals surface area (Å²) in [7, 11) is 0. The van der Waals surface area contributed by atoms with E-state index in [1.165, 1.54) is 12.0 Å². The molecule has 0 aliphatic carbocycles. The molecule has 1 aromatic rings. The Labute approximate surface area is 92.6 Å². The number of pyridine rings is 1. The molecule has 72 valence electrons. The van der Waals surface area contributed by atoms with Gasteiger partial charge in [-0.3, -0.25) is 0 Å². The van der Waals surface area contributed by atoms with E-state index in [4.69, 9.17) is 11.6 Å². The summed E-state index contributed by atoms with van der Waals surface area (Å²) in [6.45, 7) is 4.42. The first-order valence-corrected chi connectivity index (χ1v) is 5.61. The maximum absolute atomic E-state index is 6.08. The van der Waals surface area contributed by atoms with E-state index in [9.17, 15) is 0 Å². The molecule has 0 aromatic carbocycles. The molecule has 3 heteroatoms. The summed E-state index contributed by atoms with van der Waals surface area (Å²) in [5, 5.41) is 0.753. The zero-order chi connectivity index (χ0) is 9.84. The Hall–Kier alpha value is -0.0800. The van der Waals surface area contributed by atoms with Gasteiger partial charge >= 0.3 is 0 Å². The van der Waals surface area contributed by atoms with Crippen molar-refractivity contribution in [1.29, 1.82) is 0 Å². The van der Waals surface area contributed by atoms with Gasteiger partial charge in [0.25, 0.3) is 0 Å². The van der Waals surface area contributed by atoms with Crippen molar-refractivity contribution in [3.05, 3.63) is 27.5 Å². The molecule has 0 saturated carbocycles. The van der Waals surface area contributed by atoms with Crippen molar-refractivity contribution < 1.29 is 0 Å². The number of halogens is 2. The molecular weight excluding hydrogens is 249 g/mol. The minimum atomic E-state index is 0.673. The molecule has 0 bridgehead atoms. The van der Waals surface area contributed by atoms with Gasteiger partial charge in [-0.25, -0.2) is 4.98 Å². The predicted molar refractivity (Wildman–Crippen MR) is 60.1 cm³/mol. The summed E-state index contributed by atoms with van der Waals surface area (Å²) in [4.78, 5) is 4.06. The van der Waals surface area contributed by atoms with Gasteiger partial charge in [-0.1, -0.05) is 31.9 Å². The van der Waals surface area contributed by atoms with Crippen LogP contribution < -0.4 is 0 Å². The number of aromatic nitrogens is 1. The first-order chi connectivity index (χ1) is 6.15. The second-order valence-corrected chi connectivity index (χ2v) is 4.42. The molecule has 0 amide bonds. The van der Waals surface area contributed by atoms with Gasteiger partial charge in [0, 0.05) is 6.20 Å². The van der Waals surface area contributed by atoms with Crippen molar-refractivity contribution in [3.63, 3.8) is 0 Å². The van der Waals surface area contributed by atoms with Gasteiger partial charge in [-0.15, -0.1) is 0 Å². The first-order valence-electron chi connectivity index (χ1n) is 4.44. The average Bonchev–Trinajstić information content (AvgIpc) is 2.13. The molecular formula is C10H13BrClN. The Balaban J connectivity index is 2.83. The zero-order valence-corrected chi connectivity index (χ0v) is 10.2. The van der Waals surface area contributed by atoms with Crippen LogP contribution in [-0.2, 0) is 6.42 Å². The molecule has 1 rings (SSSR count). The topological polar surface area (TPSA) is 12.9 Å². The van der Waals surface area contributed by atoms with Crippen LogP contribution in [0.15, 0.2) is 16.9 Å². The van der Waals surface area contributed by atoms with Crippen molar-refractivity contribution in [2.24, 2.45) is 5.92 Å². The van der Waals surface area contributed by atoms with Crippen molar-refractivity contribution in [1.82, 2.24) is 4.98 Å². The van der Waals surface area contributed by atoms with E-state index in [0.717, 1.165) is 16.0 Å². The van der Waals surface area contributed by atoms with Gasteiger partial charge in [0.2, 0.25) is 0 Å². The lowest BCUT2D eigenvalue weighted by Crippen LogP contribution is -1.99. The summed E-state index contributed by atoms with van der Waals surface area (Å²) in [5.41, 5.74) is 1.18. The molecule has 1 atom stereocenters. The Morgan fingerprint density at radius 2 is 2.31 bits per heavy atom. The Kier molecular flexibility index (Phi) is 4.20. The number of nitrogens with zero attached hydrogens (tertiary/aromatic N) is 1. The number of rotatable bonds is 3. The summed E-state index contributed by atoms with van der Waals surface area (Å²) >= 11 is 9.40. The summed E-state index contributed by atoms with van der Waals surface area (Å²) in [5.74, 6) is 0.673. The summed E-state index contributed by atoms with van der Waals surface area (Å²) in [6.07, 6.45) is 3.99. The zero-order valence-electron chi connectivity index (χ0n) is 7.85. The van der Waals surface area contributed by atoms with Gasteiger partial charge in [0.05, 0.1) is 5.02 Å². The van der Waals surface area contributed by atoms with Crippen LogP contribution in [0.4, 0.5) is 0 Å². The maximum Gasteiger partial charge on any atom is 0.124 e. The van der Waals surface area contributed by atoms with Crippen molar-refractivity contribution in [2.75, 3.05) is 0 Å². The van der Waals surface area contributed by atoms with Crippen LogP contribution in [0.2, 0.25) is 5.02 Å². The Bertz CT molecular complexity index is 288. The Morgan fingerprint density at radius 1 is 1.62 bits per heavy atom. The van der Waals surface area contributed by atoms with Crippen LogP contribution in [-0.4, -0.2) is 4.98 Å². The van der Waals surface area contributed by atoms with E-state index in [-0.39, 0.29) is 0 Å². The smallest absolute Gasteiger partial charge is 0.124 e. The molecule has 0 spiro atoms. The Morgan fingerprint density at radius 3 is 2.92 bits per heavy atom. The fourth-order valence-corrected chi connectivity index (χ4v) is 1.69. The molecule has 1 nitrogen and oxygen atoms in total. The highest BCUT2D eigenvalue weighted by Gasteiger charge is 2.07. The molecule has 0 radical (unpaired) electrons. The van der Waals surface area contributed by atoms with E-state index in [0.29, 0.717) is 5.92 Å². The average molecular weight is 263 g/mol. The molecule has 1 aromatic heterocycles. The first kappa shape index (κ1) is 11.0. The second-order valence-electron chi connectivity index (χ2n) is 3.29. The third kappa shape index (κ3) is 2.96. The van der Waals surface area contributed by atoms with E-state index in [2.05, 4.69) is 34.8 Å². The van der Waals surface area contributed by atoms with Crippen LogP contribution in [0.1, 0.15) is 25.8 Å². The lowest BCUT2D eigenvalue weighted by Gasteiger charge is -2.09. The highest BCUT2D eigenvalue weighted by Crippen LogP contribution is 2.26. The largest absolute Gasteiger partial charge is 0.248 e. The van der Waals surface area contributed by atoms with Gasteiger partial charge in [0.15, 0.2) is 0 Å². The lowest BCUT2D eigenvalue weighted by atomic mass is 10.00. The number of hydrogen-bond donors (Lipinski definition) is 0. The SMILES string of the molecule is CCC(C)Cc1ccnc(Br)c1Cl. The van der Waals surface area contributed by atoms with Gasteiger partial charge < -0.3 is 0 Å². The minimum absolute atomic E-state index is 0.673. The van der Waals surface area contributed by atoms with E-state index in [1.54, 1.807) is 6.20 Å². The molecule has 0 fully saturated rings. The third-order valence-corrected chi connectivity index (χ3v) is 3.44. The van der Waals surface area contributed by atoms with Crippen LogP contribution in [0.25, 0.3) is 0 Å². The predicted octanol–water partition coefficient (Wildman–Crippen LogP) is 4.09. The van der Waals surface area contributed by atoms with Gasteiger partial charge in [-0.2, -0.15) is 0 Å². The lowest BCUT2D eigenvalue weighted by molar-refractivity contribution is 0.560. The van der Waals surface area contributed by atoms with Crippen LogP contribution in [0.5, 0.6) is 0 Å². The molecule has 0 saturated heterocycles. The normalized spacial score (nSPS) is 12.9. The fraction of sp³-hybridized carbons (Fsp3) is 0.500. The van der Waals surface area contributed by atoms with Crippen molar-refractivity contribution in [2.45, 2.75) is 26.7 Å². The van der Waals surface area contributed by atoms with Crippen LogP contribution in [0, 0.1) is 5.92 Å². The third-order valence-electron chi connectivity index (χ3n) is 2.19. The fourth-order valence-electron chi connectivity index (χ4n) is 1.13. The standard InChI is InChI=1S/C10H13BrClN/c1-3-7(2)6-8-4-5-13-10(11)9(8)12/h4-5,7H,3,6H2,1-2H3. The maximum atomic E-state index is 6.08. The molecule has 13 heavy (non-hydrogen) atoms. The van der Waals surface area contributed by atoms with E-state index < -0.39 is 0 Å².